The lowest BCUT2D eigenvalue weighted by atomic mass is 10.0. The van der Waals surface area contributed by atoms with Gasteiger partial charge in [0, 0.05) is 24.7 Å². The van der Waals surface area contributed by atoms with Crippen LogP contribution >= 0.6 is 11.8 Å². The first-order chi connectivity index (χ1) is 9.75. The number of thioether (sulfide) groups is 1. The smallest absolute Gasteiger partial charge is 0.230 e. The molecule has 1 aromatic rings. The van der Waals surface area contributed by atoms with E-state index in [0.29, 0.717) is 11.7 Å². The van der Waals surface area contributed by atoms with Crippen LogP contribution in [0.15, 0.2) is 29.2 Å². The number of carbonyl (C=O) groups excluding carboxylic acids is 1. The molecule has 1 aliphatic heterocycles. The number of nitrogens with one attached hydrogen (secondary N) is 1. The van der Waals surface area contributed by atoms with Gasteiger partial charge in [-0.1, -0.05) is 18.2 Å². The molecule has 2 rings (SSSR count). The van der Waals surface area contributed by atoms with E-state index in [9.17, 15) is 4.79 Å². The third-order valence-corrected chi connectivity index (χ3v) is 4.76. The minimum absolute atomic E-state index is 0.126. The summed E-state index contributed by atoms with van der Waals surface area (Å²) in [5.41, 5.74) is 1.23. The predicted octanol–water partition coefficient (Wildman–Crippen LogP) is 3.02. The van der Waals surface area contributed by atoms with Gasteiger partial charge in [-0.3, -0.25) is 4.79 Å². The van der Waals surface area contributed by atoms with Crippen LogP contribution in [0.2, 0.25) is 0 Å². The molecular formula is C16H23NO2S. The summed E-state index contributed by atoms with van der Waals surface area (Å²) < 4.78 is 5.34. The number of carbonyl (C=O) groups is 1. The van der Waals surface area contributed by atoms with Gasteiger partial charge >= 0.3 is 0 Å². The van der Waals surface area contributed by atoms with Gasteiger partial charge in [-0.2, -0.15) is 0 Å². The van der Waals surface area contributed by atoms with Gasteiger partial charge in [0.25, 0.3) is 0 Å². The van der Waals surface area contributed by atoms with E-state index in [1.165, 1.54) is 16.9 Å². The molecule has 1 amide bonds. The monoisotopic (exact) mass is 293 g/mol. The molecule has 1 aliphatic rings. The number of benzene rings is 1. The largest absolute Gasteiger partial charge is 0.381 e. The van der Waals surface area contributed by atoms with Crippen molar-refractivity contribution in [2.75, 3.05) is 25.5 Å². The number of aryl methyl sites for hydroxylation is 1. The fraction of sp³-hybridized carbons (Fsp3) is 0.562. The van der Waals surface area contributed by atoms with Crippen LogP contribution in [0.1, 0.15) is 24.8 Å². The van der Waals surface area contributed by atoms with Crippen LogP contribution in [0.25, 0.3) is 0 Å². The molecule has 1 aromatic carbocycles. The van der Waals surface area contributed by atoms with E-state index in [4.69, 9.17) is 4.74 Å². The first-order valence-corrected chi connectivity index (χ1v) is 8.27. The summed E-state index contributed by atoms with van der Waals surface area (Å²) in [5, 5.41) is 3.00. The van der Waals surface area contributed by atoms with Crippen molar-refractivity contribution in [3.63, 3.8) is 0 Å². The molecule has 1 heterocycles. The van der Waals surface area contributed by atoms with E-state index in [0.717, 1.165) is 32.6 Å². The average molecular weight is 293 g/mol. The van der Waals surface area contributed by atoms with E-state index in [2.05, 4.69) is 24.4 Å². The van der Waals surface area contributed by atoms with Crippen molar-refractivity contribution >= 4 is 17.7 Å². The molecule has 1 saturated heterocycles. The molecule has 0 saturated carbocycles. The molecule has 4 heteroatoms. The highest BCUT2D eigenvalue weighted by Crippen LogP contribution is 2.21. The zero-order chi connectivity index (χ0) is 14.2. The van der Waals surface area contributed by atoms with Crippen molar-refractivity contribution < 1.29 is 9.53 Å². The molecule has 0 radical (unpaired) electrons. The van der Waals surface area contributed by atoms with Gasteiger partial charge in [-0.05, 0) is 43.7 Å². The second-order valence-corrected chi connectivity index (χ2v) is 6.29. The molecule has 0 aliphatic carbocycles. The highest BCUT2D eigenvalue weighted by Gasteiger charge is 2.14. The van der Waals surface area contributed by atoms with E-state index in [-0.39, 0.29) is 5.91 Å². The average Bonchev–Trinajstić information content (AvgIpc) is 2.96. The van der Waals surface area contributed by atoms with Crippen LogP contribution in [0.5, 0.6) is 0 Å². The number of rotatable bonds is 7. The highest BCUT2D eigenvalue weighted by atomic mass is 32.2. The third-order valence-electron chi connectivity index (χ3n) is 3.59. The first-order valence-electron chi connectivity index (χ1n) is 7.28. The van der Waals surface area contributed by atoms with Gasteiger partial charge < -0.3 is 10.1 Å². The van der Waals surface area contributed by atoms with Crippen molar-refractivity contribution in [1.82, 2.24) is 5.32 Å². The summed E-state index contributed by atoms with van der Waals surface area (Å²) >= 11 is 1.61. The summed E-state index contributed by atoms with van der Waals surface area (Å²) in [6, 6.07) is 8.17. The molecule has 20 heavy (non-hydrogen) atoms. The lowest BCUT2D eigenvalue weighted by molar-refractivity contribution is -0.118. The van der Waals surface area contributed by atoms with Crippen LogP contribution in [0.4, 0.5) is 0 Å². The standard InChI is InChI=1S/C16H23NO2S/c1-13-5-2-3-7-15(13)20-12-16(18)17-9-4-6-14-8-10-19-11-14/h2-3,5,7,14H,4,6,8-12H2,1H3,(H,17,18). The van der Waals surface area contributed by atoms with Crippen molar-refractivity contribution in [3.05, 3.63) is 29.8 Å². The Kier molecular flexibility index (Phi) is 6.40. The summed E-state index contributed by atoms with van der Waals surface area (Å²) in [6.07, 6.45) is 3.39. The zero-order valence-corrected chi connectivity index (χ0v) is 12.9. The quantitative estimate of drug-likeness (QED) is 0.620. The van der Waals surface area contributed by atoms with Gasteiger partial charge in [0.05, 0.1) is 5.75 Å². The van der Waals surface area contributed by atoms with Crippen LogP contribution in [-0.2, 0) is 9.53 Å². The molecule has 110 valence electrons. The lowest BCUT2D eigenvalue weighted by Crippen LogP contribution is -2.26. The van der Waals surface area contributed by atoms with Crippen molar-refractivity contribution in [1.29, 1.82) is 0 Å². The van der Waals surface area contributed by atoms with Crippen LogP contribution < -0.4 is 5.32 Å². The van der Waals surface area contributed by atoms with Crippen molar-refractivity contribution in [2.45, 2.75) is 31.1 Å². The number of amides is 1. The molecule has 0 bridgehead atoms. The molecule has 0 aromatic heterocycles. The van der Waals surface area contributed by atoms with Crippen molar-refractivity contribution in [2.24, 2.45) is 5.92 Å². The van der Waals surface area contributed by atoms with Crippen LogP contribution in [0.3, 0.4) is 0 Å². The Morgan fingerprint density at radius 2 is 2.30 bits per heavy atom. The third kappa shape index (κ3) is 5.17. The van der Waals surface area contributed by atoms with Crippen LogP contribution in [0, 0.1) is 12.8 Å². The fourth-order valence-corrected chi connectivity index (χ4v) is 3.20. The summed E-state index contributed by atoms with van der Waals surface area (Å²) in [5.74, 6) is 1.33. The van der Waals surface area contributed by atoms with Crippen molar-refractivity contribution in [3.8, 4) is 0 Å². The van der Waals surface area contributed by atoms with Gasteiger partial charge in [0.15, 0.2) is 0 Å². The number of hydrogen-bond donors (Lipinski definition) is 1. The topological polar surface area (TPSA) is 38.3 Å². The first kappa shape index (κ1) is 15.4. The zero-order valence-electron chi connectivity index (χ0n) is 12.1. The minimum Gasteiger partial charge on any atom is -0.381 e. The molecule has 1 fully saturated rings. The van der Waals surface area contributed by atoms with E-state index in [1.54, 1.807) is 11.8 Å². The minimum atomic E-state index is 0.126. The number of hydrogen-bond acceptors (Lipinski definition) is 3. The van der Waals surface area contributed by atoms with E-state index >= 15 is 0 Å². The summed E-state index contributed by atoms with van der Waals surface area (Å²) in [4.78, 5) is 13.0. The maximum absolute atomic E-state index is 11.8. The summed E-state index contributed by atoms with van der Waals surface area (Å²) in [7, 11) is 0. The number of ether oxygens (including phenoxy) is 1. The second-order valence-electron chi connectivity index (χ2n) is 5.28. The molecule has 1 N–H and O–H groups in total. The predicted molar refractivity (Wildman–Crippen MR) is 83.1 cm³/mol. The van der Waals surface area contributed by atoms with Gasteiger partial charge in [-0.25, -0.2) is 0 Å². The maximum atomic E-state index is 11.8. The maximum Gasteiger partial charge on any atom is 0.230 e. The summed E-state index contributed by atoms with van der Waals surface area (Å²) in [6.45, 7) is 4.66. The Bertz CT molecular complexity index is 430. The Morgan fingerprint density at radius 3 is 3.05 bits per heavy atom. The van der Waals surface area contributed by atoms with E-state index in [1.807, 2.05) is 12.1 Å². The Labute approximate surface area is 125 Å². The fourth-order valence-electron chi connectivity index (χ4n) is 2.34. The molecule has 1 unspecified atom stereocenters. The van der Waals surface area contributed by atoms with Crippen LogP contribution in [-0.4, -0.2) is 31.4 Å². The Hall–Kier alpha value is -1.00. The molecule has 3 nitrogen and oxygen atoms in total. The Balaban J connectivity index is 1.57. The molecular weight excluding hydrogens is 270 g/mol. The normalized spacial score (nSPS) is 18.1. The van der Waals surface area contributed by atoms with Gasteiger partial charge in [0.2, 0.25) is 5.91 Å². The lowest BCUT2D eigenvalue weighted by Gasteiger charge is -2.09. The molecule has 1 atom stereocenters. The highest BCUT2D eigenvalue weighted by molar-refractivity contribution is 8.00. The van der Waals surface area contributed by atoms with Gasteiger partial charge in [0.1, 0.15) is 0 Å². The second kappa shape index (κ2) is 8.32. The molecule has 0 spiro atoms. The Morgan fingerprint density at radius 1 is 1.45 bits per heavy atom. The SMILES string of the molecule is Cc1ccccc1SCC(=O)NCCCC1CCOC1. The van der Waals surface area contributed by atoms with Gasteiger partial charge in [-0.15, -0.1) is 11.8 Å². The van der Waals surface area contributed by atoms with E-state index < -0.39 is 0 Å².